The number of thioether (sulfide) groups is 1. The highest BCUT2D eigenvalue weighted by atomic mass is 32.2. The van der Waals surface area contributed by atoms with Gasteiger partial charge in [0.1, 0.15) is 15.7 Å². The molecule has 6 nitrogen and oxygen atoms in total. The number of thiophene rings is 1. The fourth-order valence-electron chi connectivity index (χ4n) is 2.85. The number of aromatic nitrogens is 2. The largest absolute Gasteiger partial charge is 0.351 e. The third-order valence-corrected chi connectivity index (χ3v) is 8.30. The molecular weight excluding hydrogens is 378 g/mol. The number of carbonyl (C=O) groups is 1. The van der Waals surface area contributed by atoms with Gasteiger partial charge in [-0.15, -0.1) is 11.3 Å². The number of sulfone groups is 1. The van der Waals surface area contributed by atoms with Crippen molar-refractivity contribution in [2.45, 2.75) is 50.4 Å². The summed E-state index contributed by atoms with van der Waals surface area (Å²) < 4.78 is 23.1. The Bertz CT molecular complexity index is 937. The lowest BCUT2D eigenvalue weighted by atomic mass is 10.2. The van der Waals surface area contributed by atoms with Crippen LogP contribution in [0.25, 0.3) is 10.2 Å². The summed E-state index contributed by atoms with van der Waals surface area (Å²) in [4.78, 5) is 23.6. The lowest BCUT2D eigenvalue weighted by Crippen LogP contribution is -2.39. The van der Waals surface area contributed by atoms with Crippen LogP contribution in [-0.2, 0) is 14.6 Å². The van der Waals surface area contributed by atoms with E-state index in [0.29, 0.717) is 12.2 Å². The number of fused-ring (bicyclic) bond motifs is 1. The molecule has 3 heterocycles. The quantitative estimate of drug-likeness (QED) is 0.627. The Morgan fingerprint density at radius 2 is 2.04 bits per heavy atom. The molecule has 3 rings (SSSR count). The Morgan fingerprint density at radius 3 is 2.68 bits per heavy atom. The van der Waals surface area contributed by atoms with E-state index in [1.807, 2.05) is 20.8 Å². The fraction of sp³-hybridized carbons (Fsp3) is 0.562. The molecule has 1 aliphatic heterocycles. The average Bonchev–Trinajstić information content (AvgIpc) is 2.98. The molecular formula is C16H21N3O3S3. The molecule has 0 bridgehead atoms. The molecule has 1 amide bonds. The minimum Gasteiger partial charge on any atom is -0.351 e. The van der Waals surface area contributed by atoms with Gasteiger partial charge in [-0.2, -0.15) is 0 Å². The number of carbonyl (C=O) groups excluding carboxylic acids is 1. The third kappa shape index (κ3) is 3.98. The Labute approximate surface area is 155 Å². The van der Waals surface area contributed by atoms with Crippen LogP contribution >= 0.6 is 23.1 Å². The number of amides is 1. The normalized spacial score (nSPS) is 20.7. The molecule has 0 aliphatic carbocycles. The maximum atomic E-state index is 12.5. The van der Waals surface area contributed by atoms with E-state index in [1.54, 1.807) is 11.3 Å². The summed E-state index contributed by atoms with van der Waals surface area (Å²) >= 11 is 3.04. The molecule has 2 atom stereocenters. The molecule has 136 valence electrons. The van der Waals surface area contributed by atoms with Crippen molar-refractivity contribution in [3.63, 3.8) is 0 Å². The van der Waals surface area contributed by atoms with Crippen molar-refractivity contribution in [3.8, 4) is 0 Å². The van der Waals surface area contributed by atoms with Crippen LogP contribution in [0.1, 0.15) is 29.6 Å². The molecule has 1 aliphatic rings. The summed E-state index contributed by atoms with van der Waals surface area (Å²) in [6, 6.07) is -0.280. The van der Waals surface area contributed by atoms with Gasteiger partial charge in [-0.1, -0.05) is 11.8 Å². The van der Waals surface area contributed by atoms with Crippen LogP contribution in [0.3, 0.4) is 0 Å². The highest BCUT2D eigenvalue weighted by Gasteiger charge is 2.30. The van der Waals surface area contributed by atoms with E-state index in [-0.39, 0.29) is 28.7 Å². The van der Waals surface area contributed by atoms with Gasteiger partial charge in [0, 0.05) is 16.3 Å². The van der Waals surface area contributed by atoms with Gasteiger partial charge >= 0.3 is 0 Å². The van der Waals surface area contributed by atoms with Gasteiger partial charge in [0.05, 0.1) is 16.8 Å². The Balaban J connectivity index is 1.77. The predicted molar refractivity (Wildman–Crippen MR) is 102 cm³/mol. The Morgan fingerprint density at radius 1 is 1.32 bits per heavy atom. The van der Waals surface area contributed by atoms with Gasteiger partial charge in [-0.3, -0.25) is 4.79 Å². The molecule has 0 radical (unpaired) electrons. The molecule has 0 aromatic carbocycles. The lowest BCUT2D eigenvalue weighted by molar-refractivity contribution is -0.120. The molecule has 2 aromatic rings. The second-order valence-corrected chi connectivity index (χ2v) is 11.2. The van der Waals surface area contributed by atoms with Gasteiger partial charge in [0.25, 0.3) is 0 Å². The van der Waals surface area contributed by atoms with Gasteiger partial charge in [0.2, 0.25) is 5.91 Å². The zero-order chi connectivity index (χ0) is 18.4. The molecule has 1 saturated heterocycles. The van der Waals surface area contributed by atoms with Crippen molar-refractivity contribution in [1.29, 1.82) is 0 Å². The zero-order valence-corrected chi connectivity index (χ0v) is 17.1. The molecule has 0 saturated carbocycles. The van der Waals surface area contributed by atoms with Crippen molar-refractivity contribution in [3.05, 3.63) is 16.3 Å². The summed E-state index contributed by atoms with van der Waals surface area (Å²) in [5.41, 5.74) is 1.15. The highest BCUT2D eigenvalue weighted by Crippen LogP contribution is 2.36. The number of nitrogens with zero attached hydrogens (tertiary/aromatic N) is 2. The predicted octanol–water partition coefficient (Wildman–Crippen LogP) is 2.40. The van der Waals surface area contributed by atoms with Crippen LogP contribution in [0.2, 0.25) is 0 Å². The monoisotopic (exact) mass is 399 g/mol. The summed E-state index contributed by atoms with van der Waals surface area (Å²) in [7, 11) is -3.00. The van der Waals surface area contributed by atoms with Crippen molar-refractivity contribution in [2.75, 3.05) is 11.5 Å². The van der Waals surface area contributed by atoms with Crippen LogP contribution in [0.15, 0.2) is 5.03 Å². The summed E-state index contributed by atoms with van der Waals surface area (Å²) in [5, 5.41) is 4.32. The van der Waals surface area contributed by atoms with Crippen LogP contribution < -0.4 is 5.32 Å². The first-order valence-electron chi connectivity index (χ1n) is 8.08. The number of aryl methyl sites for hydroxylation is 3. The van der Waals surface area contributed by atoms with E-state index in [1.165, 1.54) is 16.6 Å². The summed E-state index contributed by atoms with van der Waals surface area (Å²) in [6.07, 6.45) is 0.491. The number of rotatable bonds is 4. The first kappa shape index (κ1) is 18.6. The first-order valence-corrected chi connectivity index (χ1v) is 11.6. The molecule has 2 aromatic heterocycles. The third-order valence-electron chi connectivity index (χ3n) is 4.34. The minimum absolute atomic E-state index is 0.0375. The molecule has 9 heteroatoms. The topological polar surface area (TPSA) is 89.0 Å². The molecule has 0 spiro atoms. The van der Waals surface area contributed by atoms with Crippen LogP contribution in [0.5, 0.6) is 0 Å². The average molecular weight is 400 g/mol. The van der Waals surface area contributed by atoms with Gasteiger partial charge < -0.3 is 5.32 Å². The minimum atomic E-state index is -3.00. The standard InChI is InChI=1S/C16H21N3O3S3/c1-8-9(2)23-15-13(8)16(18-11(4)17-15)24-10(3)14(20)19-12-5-6-25(21,22)7-12/h10,12H,5-7H2,1-4H3,(H,19,20)/t10-,12-/m1/s1. The smallest absolute Gasteiger partial charge is 0.233 e. The molecule has 0 unspecified atom stereocenters. The molecule has 1 fully saturated rings. The number of nitrogens with one attached hydrogen (secondary N) is 1. The maximum Gasteiger partial charge on any atom is 0.233 e. The van der Waals surface area contributed by atoms with Gasteiger partial charge in [-0.25, -0.2) is 18.4 Å². The second-order valence-electron chi connectivity index (χ2n) is 6.41. The first-order chi connectivity index (χ1) is 11.7. The second kappa shape index (κ2) is 6.85. The summed E-state index contributed by atoms with van der Waals surface area (Å²) in [5.74, 6) is 0.723. The van der Waals surface area contributed by atoms with E-state index in [4.69, 9.17) is 0 Å². The fourth-order valence-corrected chi connectivity index (χ4v) is 6.72. The Kier molecular flexibility index (Phi) is 5.09. The van der Waals surface area contributed by atoms with Crippen LogP contribution in [-0.4, -0.2) is 47.1 Å². The SMILES string of the molecule is Cc1nc(S[C@H](C)C(=O)N[C@@H]2CCS(=O)(=O)C2)c2c(C)c(C)sc2n1. The van der Waals surface area contributed by atoms with E-state index in [0.717, 1.165) is 20.8 Å². The van der Waals surface area contributed by atoms with Gasteiger partial charge in [-0.05, 0) is 39.7 Å². The number of hydrogen-bond donors (Lipinski definition) is 1. The number of hydrogen-bond acceptors (Lipinski definition) is 7. The van der Waals surface area contributed by atoms with Crippen molar-refractivity contribution in [2.24, 2.45) is 0 Å². The van der Waals surface area contributed by atoms with E-state index < -0.39 is 9.84 Å². The molecule has 1 N–H and O–H groups in total. The lowest BCUT2D eigenvalue weighted by Gasteiger charge is -2.16. The van der Waals surface area contributed by atoms with E-state index in [2.05, 4.69) is 22.2 Å². The van der Waals surface area contributed by atoms with E-state index in [9.17, 15) is 13.2 Å². The van der Waals surface area contributed by atoms with Crippen molar-refractivity contribution >= 4 is 49.1 Å². The highest BCUT2D eigenvalue weighted by molar-refractivity contribution is 8.00. The Hall–Kier alpha value is -1.19. The van der Waals surface area contributed by atoms with Crippen molar-refractivity contribution < 1.29 is 13.2 Å². The van der Waals surface area contributed by atoms with Gasteiger partial charge in [0.15, 0.2) is 9.84 Å². The maximum absolute atomic E-state index is 12.5. The van der Waals surface area contributed by atoms with Crippen LogP contribution in [0.4, 0.5) is 0 Å². The summed E-state index contributed by atoms with van der Waals surface area (Å²) in [6.45, 7) is 7.77. The van der Waals surface area contributed by atoms with Crippen LogP contribution in [0, 0.1) is 20.8 Å². The van der Waals surface area contributed by atoms with E-state index >= 15 is 0 Å². The zero-order valence-electron chi connectivity index (χ0n) is 14.6. The van der Waals surface area contributed by atoms with Crippen molar-refractivity contribution in [1.82, 2.24) is 15.3 Å². The molecule has 25 heavy (non-hydrogen) atoms.